The average Bonchev–Trinajstić information content (AvgIpc) is 3.34. The van der Waals surface area contributed by atoms with Crippen LogP contribution in [0.25, 0.3) is 11.0 Å². The van der Waals surface area contributed by atoms with Crippen LogP contribution in [0, 0.1) is 0 Å². The molecule has 190 valence electrons. The maximum atomic E-state index is 12.9. The molecule has 1 N–H and O–H groups in total. The Morgan fingerprint density at radius 2 is 1.59 bits per heavy atom. The minimum Gasteiger partial charge on any atom is -0.478 e. The van der Waals surface area contributed by atoms with Crippen LogP contribution in [0.1, 0.15) is 24.4 Å². The zero-order valence-corrected chi connectivity index (χ0v) is 21.5. The van der Waals surface area contributed by atoms with E-state index < -0.39 is 5.60 Å². The number of benzene rings is 3. The Morgan fingerprint density at radius 1 is 0.919 bits per heavy atom. The van der Waals surface area contributed by atoms with E-state index in [0.717, 1.165) is 16.7 Å². The number of fused-ring (bicyclic) bond motifs is 1. The lowest BCUT2D eigenvalue weighted by atomic mass is 10.1. The number of halogens is 1. The molecule has 8 heteroatoms. The number of para-hydroxylation sites is 1. The van der Waals surface area contributed by atoms with Gasteiger partial charge in [-0.15, -0.1) is 0 Å². The van der Waals surface area contributed by atoms with Crippen molar-refractivity contribution in [1.82, 2.24) is 4.90 Å². The molecular weight excluding hydrogens is 490 g/mol. The monoisotopic (exact) mass is 517 g/mol. The lowest BCUT2D eigenvalue weighted by Crippen LogP contribution is -2.48. The van der Waals surface area contributed by atoms with Gasteiger partial charge >= 0.3 is 0 Å². The molecule has 0 saturated carbocycles. The van der Waals surface area contributed by atoms with E-state index in [2.05, 4.69) is 10.2 Å². The van der Waals surface area contributed by atoms with Crippen molar-refractivity contribution >= 4 is 45.8 Å². The molecule has 1 fully saturated rings. The topological polar surface area (TPSA) is 75.0 Å². The smallest absolute Gasteiger partial charge is 0.289 e. The number of piperazine rings is 1. The highest BCUT2D eigenvalue weighted by atomic mass is 35.5. The molecule has 1 saturated heterocycles. The Balaban J connectivity index is 1.15. The molecule has 4 aromatic rings. The molecule has 1 aliphatic rings. The van der Waals surface area contributed by atoms with Gasteiger partial charge in [0.25, 0.3) is 11.8 Å². The molecule has 0 bridgehead atoms. The summed E-state index contributed by atoms with van der Waals surface area (Å²) in [6.07, 6.45) is 0. The Labute approximate surface area is 220 Å². The van der Waals surface area contributed by atoms with E-state index in [1.165, 1.54) is 0 Å². The van der Waals surface area contributed by atoms with Crippen molar-refractivity contribution in [3.63, 3.8) is 0 Å². The minimum atomic E-state index is -1.07. The van der Waals surface area contributed by atoms with Crippen molar-refractivity contribution in [1.29, 1.82) is 0 Å². The van der Waals surface area contributed by atoms with Crippen molar-refractivity contribution < 1.29 is 18.7 Å². The molecule has 7 nitrogen and oxygen atoms in total. The first-order valence-electron chi connectivity index (χ1n) is 12.2. The van der Waals surface area contributed by atoms with Crippen LogP contribution >= 0.6 is 11.6 Å². The van der Waals surface area contributed by atoms with E-state index in [1.54, 1.807) is 44.2 Å². The molecule has 1 aliphatic heterocycles. The number of amides is 2. The number of nitrogens with one attached hydrogen (secondary N) is 1. The Kier molecular flexibility index (Phi) is 6.80. The average molecular weight is 518 g/mol. The summed E-state index contributed by atoms with van der Waals surface area (Å²) in [4.78, 5) is 29.8. The Bertz CT molecular complexity index is 1370. The molecular formula is C29H28ClN3O4. The number of hydrogen-bond acceptors (Lipinski definition) is 5. The van der Waals surface area contributed by atoms with Crippen LogP contribution in [-0.2, 0) is 4.79 Å². The first kappa shape index (κ1) is 24.7. The predicted octanol–water partition coefficient (Wildman–Crippen LogP) is 5.84. The zero-order chi connectivity index (χ0) is 26.0. The first-order chi connectivity index (χ1) is 17.8. The number of nitrogens with zero attached hydrogens (tertiary/aromatic N) is 2. The number of furan rings is 1. The number of anilines is 2. The van der Waals surface area contributed by atoms with Crippen LogP contribution in [0.15, 0.2) is 83.3 Å². The van der Waals surface area contributed by atoms with Crippen molar-refractivity contribution in [3.8, 4) is 5.75 Å². The summed E-state index contributed by atoms with van der Waals surface area (Å²) in [5, 5.41) is 4.46. The van der Waals surface area contributed by atoms with Gasteiger partial charge in [0.1, 0.15) is 11.3 Å². The van der Waals surface area contributed by atoms with Crippen molar-refractivity contribution in [2.24, 2.45) is 0 Å². The number of ether oxygens (including phenoxy) is 1. The molecule has 1 aromatic heterocycles. The fraction of sp³-hybridized carbons (Fsp3) is 0.241. The summed E-state index contributed by atoms with van der Waals surface area (Å²) in [7, 11) is 0. The maximum Gasteiger partial charge on any atom is 0.289 e. The molecule has 37 heavy (non-hydrogen) atoms. The lowest BCUT2D eigenvalue weighted by molar-refractivity contribution is -0.128. The second-order valence-electron chi connectivity index (χ2n) is 9.50. The quantitative estimate of drug-likeness (QED) is 0.347. The molecule has 5 rings (SSSR count). The van der Waals surface area contributed by atoms with Gasteiger partial charge in [-0.3, -0.25) is 9.59 Å². The van der Waals surface area contributed by atoms with Gasteiger partial charge in [-0.05, 0) is 74.5 Å². The van der Waals surface area contributed by atoms with Crippen LogP contribution in [0.5, 0.6) is 5.75 Å². The van der Waals surface area contributed by atoms with Crippen LogP contribution in [0.4, 0.5) is 11.4 Å². The van der Waals surface area contributed by atoms with Crippen molar-refractivity contribution in [3.05, 3.63) is 89.6 Å². The van der Waals surface area contributed by atoms with Crippen LogP contribution < -0.4 is 15.0 Å². The van der Waals surface area contributed by atoms with E-state index >= 15 is 0 Å². The van der Waals surface area contributed by atoms with Crippen molar-refractivity contribution in [2.45, 2.75) is 19.4 Å². The summed E-state index contributed by atoms with van der Waals surface area (Å²) >= 11 is 5.92. The summed E-state index contributed by atoms with van der Waals surface area (Å²) in [6.45, 7) is 6.06. The Hall–Kier alpha value is -3.97. The van der Waals surface area contributed by atoms with Gasteiger partial charge in [0.05, 0.1) is 0 Å². The minimum absolute atomic E-state index is 0.0858. The number of hydrogen-bond donors (Lipinski definition) is 1. The van der Waals surface area contributed by atoms with Crippen LogP contribution in [-0.4, -0.2) is 48.5 Å². The molecule has 2 heterocycles. The third kappa shape index (κ3) is 5.57. The maximum absolute atomic E-state index is 12.9. The van der Waals surface area contributed by atoms with Gasteiger partial charge < -0.3 is 24.3 Å². The number of carbonyl (C=O) groups excluding carboxylic acids is 2. The van der Waals surface area contributed by atoms with E-state index in [4.69, 9.17) is 20.8 Å². The number of carbonyl (C=O) groups is 2. The van der Waals surface area contributed by atoms with Gasteiger partial charge in [0.15, 0.2) is 11.4 Å². The number of rotatable bonds is 6. The highest BCUT2D eigenvalue weighted by Crippen LogP contribution is 2.25. The summed E-state index contributed by atoms with van der Waals surface area (Å²) in [6, 6.07) is 24.0. The second kappa shape index (κ2) is 10.2. The molecule has 3 aromatic carbocycles. The molecule has 0 unspecified atom stereocenters. The van der Waals surface area contributed by atoms with E-state index in [0.29, 0.717) is 48.4 Å². The van der Waals surface area contributed by atoms with Gasteiger partial charge in [-0.25, -0.2) is 0 Å². The molecule has 0 spiro atoms. The lowest BCUT2D eigenvalue weighted by Gasteiger charge is -2.35. The highest BCUT2D eigenvalue weighted by Gasteiger charge is 2.30. The largest absolute Gasteiger partial charge is 0.478 e. The van der Waals surface area contributed by atoms with E-state index in [-0.39, 0.29) is 11.8 Å². The third-order valence-electron chi connectivity index (χ3n) is 6.43. The van der Waals surface area contributed by atoms with Crippen LogP contribution in [0.3, 0.4) is 0 Å². The van der Waals surface area contributed by atoms with E-state index in [1.807, 2.05) is 53.4 Å². The summed E-state index contributed by atoms with van der Waals surface area (Å²) in [5.41, 5.74) is 1.36. The second-order valence-corrected chi connectivity index (χ2v) is 9.93. The summed E-state index contributed by atoms with van der Waals surface area (Å²) in [5.74, 6) is 0.598. The fourth-order valence-corrected chi connectivity index (χ4v) is 4.42. The molecule has 0 radical (unpaired) electrons. The highest BCUT2D eigenvalue weighted by molar-refractivity contribution is 6.30. The predicted molar refractivity (Wildman–Crippen MR) is 146 cm³/mol. The molecule has 0 aliphatic carbocycles. The van der Waals surface area contributed by atoms with Crippen LogP contribution in [0.2, 0.25) is 5.02 Å². The van der Waals surface area contributed by atoms with Crippen molar-refractivity contribution in [2.75, 3.05) is 36.4 Å². The van der Waals surface area contributed by atoms with Gasteiger partial charge in [0.2, 0.25) is 0 Å². The molecule has 0 atom stereocenters. The summed E-state index contributed by atoms with van der Waals surface area (Å²) < 4.78 is 11.6. The van der Waals surface area contributed by atoms with Gasteiger partial charge in [0, 0.05) is 48.0 Å². The zero-order valence-electron chi connectivity index (χ0n) is 20.7. The fourth-order valence-electron chi connectivity index (χ4n) is 4.29. The Morgan fingerprint density at radius 3 is 2.27 bits per heavy atom. The first-order valence-corrected chi connectivity index (χ1v) is 12.6. The van der Waals surface area contributed by atoms with Gasteiger partial charge in [-0.2, -0.15) is 0 Å². The molecule has 2 amide bonds. The standard InChI is InChI=1S/C29H28ClN3O4/c1-29(2,37-24-13-7-21(30)8-14-24)28(35)31-22-9-11-23(12-10-22)32-15-17-33(18-16-32)27(34)26-19-20-5-3-4-6-25(20)36-26/h3-14,19H,15-18H2,1-2H3,(H,31,35). The normalized spacial score (nSPS) is 14.0. The van der Waals surface area contributed by atoms with E-state index in [9.17, 15) is 9.59 Å². The SMILES string of the molecule is CC(C)(Oc1ccc(Cl)cc1)C(=O)Nc1ccc(N2CCN(C(=O)c3cc4ccccc4o3)CC2)cc1. The van der Waals surface area contributed by atoms with Gasteiger partial charge in [-0.1, -0.05) is 29.8 Å². The third-order valence-corrected chi connectivity index (χ3v) is 6.68.